The molecule has 13 heteroatoms. The largest absolute Gasteiger partial charge is 0.497 e. The standard InChI is InChI=1S/C38H54F2N4O7/c1-7-25(11-9-8-10-15-38(39,40)31-33(46)42-29-21-26(48-5)12-13-27(29)41-31)51-35(47)43-28(14-16-36(4)22-50-23-36)34(49-6)44-20-19-37(17-18-37)32(44)30(45)24(2)3/h11-13,21,24,28,32,34H,7-10,14-20,22-23H2,1-6H3,(H,42,46)(H,43,47)/b25-11+/t28?,32-,34?/m1/s1. The summed E-state index contributed by atoms with van der Waals surface area (Å²) < 4.78 is 52.7. The van der Waals surface area contributed by atoms with Crippen LogP contribution in [0.15, 0.2) is 34.8 Å². The van der Waals surface area contributed by atoms with Gasteiger partial charge in [0.1, 0.15) is 17.7 Å². The van der Waals surface area contributed by atoms with Gasteiger partial charge in [-0.05, 0) is 75.0 Å². The summed E-state index contributed by atoms with van der Waals surface area (Å²) in [5, 5.41) is 3.06. The normalized spacial score (nSPS) is 21.0. The van der Waals surface area contributed by atoms with E-state index in [1.807, 2.05) is 20.8 Å². The van der Waals surface area contributed by atoms with Crippen LogP contribution in [0.5, 0.6) is 5.75 Å². The zero-order valence-corrected chi connectivity index (χ0v) is 30.8. The molecule has 3 heterocycles. The average Bonchev–Trinajstić information content (AvgIpc) is 3.77. The fraction of sp³-hybridized carbons (Fsp3) is 0.684. The lowest BCUT2D eigenvalue weighted by molar-refractivity contribution is -0.137. The van der Waals surface area contributed by atoms with Crippen molar-refractivity contribution in [3.8, 4) is 5.75 Å². The van der Waals surface area contributed by atoms with Gasteiger partial charge in [-0.3, -0.25) is 14.5 Å². The van der Waals surface area contributed by atoms with Crippen LogP contribution in [0.25, 0.3) is 11.0 Å². The molecule has 11 nitrogen and oxygen atoms in total. The number of methoxy groups -OCH3 is 2. The third kappa shape index (κ3) is 8.97. The SMILES string of the molecule is CC/C(=C\CCCCC(F)(F)c1nc2ccc(OC)cc2[nH]c1=O)OC(=O)NC(CCC1(C)COC1)C(OC)N1CCC2(CC2)[C@H]1C(=O)C(C)C. The number of alkyl halides is 2. The highest BCUT2D eigenvalue weighted by Gasteiger charge is 2.60. The highest BCUT2D eigenvalue weighted by atomic mass is 19.3. The third-order valence-electron chi connectivity index (χ3n) is 10.8. The Kier molecular flexibility index (Phi) is 12.2. The number of nitrogens with one attached hydrogen (secondary N) is 2. The molecule has 282 valence electrons. The Morgan fingerprint density at radius 2 is 1.94 bits per heavy atom. The van der Waals surface area contributed by atoms with Crippen molar-refractivity contribution in [2.45, 2.75) is 116 Å². The summed E-state index contributed by atoms with van der Waals surface area (Å²) in [6, 6.07) is 3.97. The lowest BCUT2D eigenvalue weighted by Gasteiger charge is -2.42. The molecule has 3 atom stereocenters. The lowest BCUT2D eigenvalue weighted by Crippen LogP contribution is -2.57. The van der Waals surface area contributed by atoms with Crippen LogP contribution in [0.3, 0.4) is 0 Å². The fourth-order valence-electron chi connectivity index (χ4n) is 7.50. The number of unbranched alkanes of at least 4 members (excludes halogenated alkanes) is 2. The van der Waals surface area contributed by atoms with Crippen molar-refractivity contribution >= 4 is 22.9 Å². The van der Waals surface area contributed by atoms with E-state index in [1.54, 1.807) is 19.3 Å². The molecule has 2 aliphatic heterocycles. The molecular weight excluding hydrogens is 662 g/mol. The molecule has 3 fully saturated rings. The van der Waals surface area contributed by atoms with Gasteiger partial charge in [0, 0.05) is 43.9 Å². The second-order valence-electron chi connectivity index (χ2n) is 15.2. The minimum Gasteiger partial charge on any atom is -0.497 e. The Balaban J connectivity index is 1.19. The van der Waals surface area contributed by atoms with Gasteiger partial charge in [-0.25, -0.2) is 9.78 Å². The number of benzene rings is 1. The maximum atomic E-state index is 15.1. The van der Waals surface area contributed by atoms with Gasteiger partial charge in [-0.2, -0.15) is 8.78 Å². The van der Waals surface area contributed by atoms with Crippen molar-refractivity contribution < 1.29 is 37.3 Å². The minimum absolute atomic E-state index is 0.00455. The van der Waals surface area contributed by atoms with Crippen LogP contribution in [0.2, 0.25) is 0 Å². The number of likely N-dealkylation sites (tertiary alicyclic amines) is 1. The molecule has 3 aliphatic rings. The molecule has 1 aromatic heterocycles. The number of ketones is 1. The number of allylic oxidation sites excluding steroid dienone is 2. The van der Waals surface area contributed by atoms with Gasteiger partial charge in [0.15, 0.2) is 11.5 Å². The van der Waals surface area contributed by atoms with E-state index in [0.29, 0.717) is 55.9 Å². The van der Waals surface area contributed by atoms with Crippen molar-refractivity contribution in [2.75, 3.05) is 34.0 Å². The topological polar surface area (TPSA) is 132 Å². The Morgan fingerprint density at radius 1 is 1.20 bits per heavy atom. The van der Waals surface area contributed by atoms with Crippen LogP contribution in [0.4, 0.5) is 13.6 Å². The van der Waals surface area contributed by atoms with E-state index in [0.717, 1.165) is 32.2 Å². The number of aromatic amines is 1. The number of ether oxygens (including phenoxy) is 4. The van der Waals surface area contributed by atoms with E-state index in [4.69, 9.17) is 18.9 Å². The summed E-state index contributed by atoms with van der Waals surface area (Å²) >= 11 is 0. The Bertz CT molecular complexity index is 1640. The van der Waals surface area contributed by atoms with Gasteiger partial charge >= 0.3 is 6.09 Å². The number of aromatic nitrogens is 2. The predicted octanol–water partition coefficient (Wildman–Crippen LogP) is 6.84. The highest BCUT2D eigenvalue weighted by molar-refractivity contribution is 5.87. The van der Waals surface area contributed by atoms with E-state index in [-0.39, 0.29) is 40.5 Å². The zero-order chi connectivity index (χ0) is 37.0. The fourth-order valence-corrected chi connectivity index (χ4v) is 7.50. The van der Waals surface area contributed by atoms with Crippen molar-refractivity contribution in [1.82, 2.24) is 20.2 Å². The van der Waals surface area contributed by atoms with Crippen molar-refractivity contribution in [3.63, 3.8) is 0 Å². The monoisotopic (exact) mass is 716 g/mol. The van der Waals surface area contributed by atoms with Gasteiger partial charge in [-0.15, -0.1) is 0 Å². The Morgan fingerprint density at radius 3 is 2.55 bits per heavy atom. The van der Waals surface area contributed by atoms with E-state index < -0.39 is 42.0 Å². The summed E-state index contributed by atoms with van der Waals surface area (Å²) in [7, 11) is 3.10. The zero-order valence-electron chi connectivity index (χ0n) is 30.8. The minimum atomic E-state index is -3.42. The number of rotatable bonds is 18. The molecule has 1 saturated carbocycles. The number of hydrogen-bond acceptors (Lipinski definition) is 9. The predicted molar refractivity (Wildman–Crippen MR) is 189 cm³/mol. The molecule has 51 heavy (non-hydrogen) atoms. The van der Waals surface area contributed by atoms with Crippen LogP contribution in [-0.2, 0) is 24.9 Å². The molecule has 0 bridgehead atoms. The molecule has 2 unspecified atom stereocenters. The van der Waals surface area contributed by atoms with E-state index in [1.165, 1.54) is 19.2 Å². The molecule has 5 rings (SSSR count). The number of carbonyl (C=O) groups is 2. The van der Waals surface area contributed by atoms with E-state index in [9.17, 15) is 14.4 Å². The summed E-state index contributed by atoms with van der Waals surface area (Å²) in [4.78, 5) is 48.0. The molecule has 2 saturated heterocycles. The van der Waals surface area contributed by atoms with Gasteiger partial charge < -0.3 is 29.2 Å². The average molecular weight is 717 g/mol. The molecule has 0 radical (unpaired) electrons. The molecule has 1 aliphatic carbocycles. The number of nitrogens with zero attached hydrogens (tertiary/aromatic N) is 2. The molecule has 1 spiro atoms. The number of alkyl carbamates (subject to hydrolysis) is 1. The number of halogens is 2. The first-order chi connectivity index (χ1) is 24.2. The molecule has 1 amide bonds. The third-order valence-corrected chi connectivity index (χ3v) is 10.8. The van der Waals surface area contributed by atoms with Gasteiger partial charge in [0.2, 0.25) is 0 Å². The summed E-state index contributed by atoms with van der Waals surface area (Å²) in [5.74, 6) is -2.41. The van der Waals surface area contributed by atoms with Crippen molar-refractivity contribution in [2.24, 2.45) is 16.7 Å². The van der Waals surface area contributed by atoms with Gasteiger partial charge in [0.05, 0.1) is 43.4 Å². The maximum absolute atomic E-state index is 15.1. The first-order valence-corrected chi connectivity index (χ1v) is 18.3. The van der Waals surface area contributed by atoms with Crippen LogP contribution in [-0.4, -0.2) is 79.0 Å². The van der Waals surface area contributed by atoms with Crippen LogP contribution >= 0.6 is 0 Å². The first-order valence-electron chi connectivity index (χ1n) is 18.3. The van der Waals surface area contributed by atoms with Crippen LogP contribution < -0.4 is 15.6 Å². The lowest BCUT2D eigenvalue weighted by atomic mass is 9.82. The van der Waals surface area contributed by atoms with Crippen LogP contribution in [0, 0.1) is 16.7 Å². The number of H-pyrrole nitrogens is 1. The van der Waals surface area contributed by atoms with Gasteiger partial charge in [-0.1, -0.05) is 27.7 Å². The number of amides is 1. The first kappa shape index (κ1) is 38.8. The maximum Gasteiger partial charge on any atom is 0.412 e. The molecule has 2 aromatic rings. The molecular formula is C38H54F2N4O7. The van der Waals surface area contributed by atoms with Gasteiger partial charge in [0.25, 0.3) is 11.5 Å². The number of hydrogen-bond donors (Lipinski definition) is 2. The summed E-state index contributed by atoms with van der Waals surface area (Å²) in [5.41, 5.74) is -1.17. The number of carbonyl (C=O) groups excluding carboxylic acids is 2. The van der Waals surface area contributed by atoms with E-state index in [2.05, 4.69) is 27.1 Å². The van der Waals surface area contributed by atoms with E-state index >= 15 is 8.78 Å². The summed E-state index contributed by atoms with van der Waals surface area (Å²) in [6.07, 6.45) is 5.80. The Labute approximate surface area is 298 Å². The molecule has 1 aromatic carbocycles. The smallest absolute Gasteiger partial charge is 0.412 e. The molecule has 2 N–H and O–H groups in total. The second kappa shape index (κ2) is 16.1. The Hall–Kier alpha value is -3.42. The number of fused-ring (bicyclic) bond motifs is 1. The quantitative estimate of drug-likeness (QED) is 0.126. The second-order valence-corrected chi connectivity index (χ2v) is 15.2. The van der Waals surface area contributed by atoms with Crippen LogP contribution in [0.1, 0.15) is 97.6 Å². The number of Topliss-reactive ketones (excluding diaryl/α,β-unsaturated/α-hetero) is 1. The van der Waals surface area contributed by atoms with Crippen molar-refractivity contribution in [3.05, 3.63) is 46.1 Å². The van der Waals surface area contributed by atoms with Crippen molar-refractivity contribution in [1.29, 1.82) is 0 Å². The summed E-state index contributed by atoms with van der Waals surface area (Å²) in [6.45, 7) is 9.92. The highest BCUT2D eigenvalue weighted by Crippen LogP contribution is 2.58.